The van der Waals surface area contributed by atoms with Gasteiger partial charge in [-0.2, -0.15) is 0 Å². The Morgan fingerprint density at radius 2 is 0.625 bits per heavy atom. The monoisotopic (exact) mass is 965 g/mol. The van der Waals surface area contributed by atoms with Gasteiger partial charge >= 0.3 is 0 Å². The molecule has 3 aromatic carbocycles. The van der Waals surface area contributed by atoms with Gasteiger partial charge in [0.25, 0.3) is 0 Å². The fourth-order valence-electron chi connectivity index (χ4n) is 8.00. The molecule has 0 atom stereocenters. The number of hydrogen-bond donors (Lipinski definition) is 1. The van der Waals surface area contributed by atoms with Crippen molar-refractivity contribution in [2.24, 2.45) is 0 Å². The standard InChI is InChI=1S/C42H45O2S12/c1-17(43)23(18(2)44)25-33-35(55-41(11,12)53-33)28(36-34(25)54-42(13,14)56-36)24(26-29-19(45-37(3,4)49-29)15-20-30(26)50-38(5,6)46-20)27-31-21(47-39(7,8)51-31)16-22-32(27)52-40(9,10)48-22/h15-16,43H,1-14H3/b23-17-. The minimum absolute atomic E-state index is 0.00528. The number of aliphatic hydroxyl groups is 1. The maximum Gasteiger partial charge on any atom is 0.163 e. The first-order valence-electron chi connectivity index (χ1n) is 18.5. The molecule has 0 unspecified atom stereocenters. The third-order valence-corrected chi connectivity index (χ3v) is 26.4. The lowest BCUT2D eigenvalue weighted by Crippen LogP contribution is -2.15. The fraction of sp³-hybridized carbons (Fsp3) is 0.476. The van der Waals surface area contributed by atoms with Gasteiger partial charge in [0.1, 0.15) is 5.76 Å². The van der Waals surface area contributed by atoms with Gasteiger partial charge in [0, 0.05) is 64.3 Å². The third-order valence-electron chi connectivity index (χ3n) is 9.57. The van der Waals surface area contributed by atoms with E-state index in [2.05, 4.69) is 95.2 Å². The Balaban J connectivity index is 1.49. The highest BCUT2D eigenvalue weighted by Crippen LogP contribution is 2.74. The molecule has 0 saturated heterocycles. The van der Waals surface area contributed by atoms with E-state index in [1.807, 2.05) is 141 Å². The molecule has 3 aromatic rings. The molecule has 1 radical (unpaired) electrons. The Hall–Kier alpha value is 1.07. The number of Topliss-reactive ketones (excluding diaryl/α,β-unsaturated/α-hetero) is 1. The summed E-state index contributed by atoms with van der Waals surface area (Å²) in [6.07, 6.45) is 0. The number of benzene rings is 3. The van der Waals surface area contributed by atoms with E-state index < -0.39 is 0 Å². The van der Waals surface area contributed by atoms with Crippen molar-refractivity contribution in [2.75, 3.05) is 0 Å². The number of ketones is 1. The summed E-state index contributed by atoms with van der Waals surface area (Å²) in [5.74, 6) is 1.37. The molecular weight excluding hydrogens is 921 g/mol. The van der Waals surface area contributed by atoms with Gasteiger partial charge in [-0.05, 0) is 126 Å². The number of aliphatic hydroxyl groups excluding tert-OH is 1. The Kier molecular flexibility index (Phi) is 10.4. The second kappa shape index (κ2) is 13.8. The van der Waals surface area contributed by atoms with Gasteiger partial charge in [-0.3, -0.25) is 4.79 Å². The number of carbonyl (C=O) groups excluding carboxylic acids is 1. The van der Waals surface area contributed by atoms with Crippen molar-refractivity contribution >= 4 is 152 Å². The van der Waals surface area contributed by atoms with Crippen LogP contribution in [0.5, 0.6) is 0 Å². The van der Waals surface area contributed by atoms with Gasteiger partial charge in [-0.1, -0.05) is 0 Å². The van der Waals surface area contributed by atoms with Crippen LogP contribution in [-0.2, 0) is 4.79 Å². The third kappa shape index (κ3) is 7.25. The average molecular weight is 967 g/mol. The number of rotatable bonds is 5. The minimum atomic E-state index is -0.179. The first-order chi connectivity index (χ1) is 25.8. The second-order valence-electron chi connectivity index (χ2n) is 17.4. The highest BCUT2D eigenvalue weighted by atomic mass is 32.2. The Bertz CT molecular complexity index is 2120. The molecule has 0 aromatic heterocycles. The zero-order valence-corrected chi connectivity index (χ0v) is 43.7. The van der Waals surface area contributed by atoms with Crippen molar-refractivity contribution in [1.29, 1.82) is 0 Å². The lowest BCUT2D eigenvalue weighted by molar-refractivity contribution is -0.111. The summed E-state index contributed by atoms with van der Waals surface area (Å²) >= 11 is 23.8. The van der Waals surface area contributed by atoms with Gasteiger partial charge in [0.2, 0.25) is 0 Å². The minimum Gasteiger partial charge on any atom is -0.512 e. The summed E-state index contributed by atoms with van der Waals surface area (Å²) in [4.78, 5) is 29.6. The van der Waals surface area contributed by atoms with E-state index in [1.54, 1.807) is 13.8 Å². The first-order valence-corrected chi connectivity index (χ1v) is 28.3. The summed E-state index contributed by atoms with van der Waals surface area (Å²) in [5, 5.41) is 11.3. The summed E-state index contributed by atoms with van der Waals surface area (Å²) in [6, 6.07) is 5.00. The normalized spacial score (nSPS) is 23.8. The van der Waals surface area contributed by atoms with Gasteiger partial charge in [0.05, 0.1) is 36.0 Å². The summed E-state index contributed by atoms with van der Waals surface area (Å²) in [6.45, 7) is 31.6. The molecule has 6 heterocycles. The Labute approximate surface area is 384 Å². The maximum absolute atomic E-state index is 13.6. The van der Waals surface area contributed by atoms with Crippen molar-refractivity contribution in [3.05, 3.63) is 46.1 Å². The van der Waals surface area contributed by atoms with E-state index in [1.165, 1.54) is 71.6 Å². The average Bonchev–Trinajstić information content (AvgIpc) is 3.82. The van der Waals surface area contributed by atoms with Crippen LogP contribution in [0.2, 0.25) is 0 Å². The van der Waals surface area contributed by atoms with Crippen LogP contribution in [0, 0.1) is 5.92 Å². The smallest absolute Gasteiger partial charge is 0.163 e. The number of carbonyl (C=O) groups is 1. The van der Waals surface area contributed by atoms with E-state index in [9.17, 15) is 9.90 Å². The van der Waals surface area contributed by atoms with Crippen molar-refractivity contribution < 1.29 is 9.90 Å². The molecular formula is C42H45O2S12. The fourth-order valence-corrected chi connectivity index (χ4v) is 25.4. The zero-order valence-electron chi connectivity index (χ0n) is 33.9. The Morgan fingerprint density at radius 1 is 0.393 bits per heavy atom. The van der Waals surface area contributed by atoms with Gasteiger partial charge < -0.3 is 5.11 Å². The zero-order chi connectivity index (χ0) is 40.4. The summed E-state index contributed by atoms with van der Waals surface area (Å²) in [5.41, 5.74) is 5.50. The highest BCUT2D eigenvalue weighted by Gasteiger charge is 2.51. The number of hydrogen-bond acceptors (Lipinski definition) is 14. The number of allylic oxidation sites excluding steroid dienone is 2. The lowest BCUT2D eigenvalue weighted by Gasteiger charge is -2.31. The van der Waals surface area contributed by atoms with Crippen LogP contribution in [0.15, 0.2) is 76.6 Å². The van der Waals surface area contributed by atoms with E-state index in [0.717, 1.165) is 15.4 Å². The molecule has 0 fully saturated rings. The summed E-state index contributed by atoms with van der Waals surface area (Å²) in [7, 11) is 0. The molecule has 6 aliphatic rings. The van der Waals surface area contributed by atoms with Crippen LogP contribution in [0.1, 0.15) is 119 Å². The van der Waals surface area contributed by atoms with E-state index in [0.29, 0.717) is 5.57 Å². The highest BCUT2D eigenvalue weighted by molar-refractivity contribution is 8.23. The van der Waals surface area contributed by atoms with Crippen molar-refractivity contribution in [2.45, 2.75) is 180 Å². The molecule has 9 rings (SSSR count). The van der Waals surface area contributed by atoms with E-state index in [-0.39, 0.29) is 36.0 Å². The van der Waals surface area contributed by atoms with Crippen LogP contribution < -0.4 is 0 Å². The number of fused-ring (bicyclic) bond motifs is 6. The van der Waals surface area contributed by atoms with Gasteiger partial charge in [-0.15, -0.1) is 141 Å². The van der Waals surface area contributed by atoms with Crippen molar-refractivity contribution in [3.8, 4) is 0 Å². The molecule has 1 N–H and O–H groups in total. The molecule has 6 aliphatic heterocycles. The molecule has 0 amide bonds. The molecule has 0 bridgehead atoms. The van der Waals surface area contributed by atoms with Crippen LogP contribution in [0.3, 0.4) is 0 Å². The SMILES string of the molecule is CC(=O)/C(=C(\C)O)c1c2c(c([C](c3c4c(cc5c3SC(C)(C)S5)SC(C)(C)S4)c3c4c(cc5c3SC(C)(C)S5)SC(C)(C)S4)c3c1SC(C)(C)S3)SC(C)(C)S2. The predicted octanol–water partition coefficient (Wildman–Crippen LogP) is 17.2. The summed E-state index contributed by atoms with van der Waals surface area (Å²) < 4.78 is -0.379. The first kappa shape index (κ1) is 42.4. The second-order valence-corrected chi connectivity index (χ2v) is 38.7. The lowest BCUT2D eigenvalue weighted by atomic mass is 9.83. The van der Waals surface area contributed by atoms with Crippen LogP contribution in [0.25, 0.3) is 5.57 Å². The van der Waals surface area contributed by atoms with Crippen LogP contribution in [-0.4, -0.2) is 35.4 Å². The van der Waals surface area contributed by atoms with E-state index >= 15 is 0 Å². The molecule has 2 nitrogen and oxygen atoms in total. The quantitative estimate of drug-likeness (QED) is 0.150. The van der Waals surface area contributed by atoms with E-state index in [4.69, 9.17) is 0 Å². The van der Waals surface area contributed by atoms with Crippen LogP contribution in [0.4, 0.5) is 0 Å². The molecule has 14 heteroatoms. The molecule has 0 saturated carbocycles. The van der Waals surface area contributed by atoms with Crippen molar-refractivity contribution in [3.63, 3.8) is 0 Å². The predicted molar refractivity (Wildman–Crippen MR) is 261 cm³/mol. The largest absolute Gasteiger partial charge is 0.512 e. The molecule has 0 aliphatic carbocycles. The molecule has 56 heavy (non-hydrogen) atoms. The molecule has 0 spiro atoms. The van der Waals surface area contributed by atoms with Gasteiger partial charge in [0.15, 0.2) is 5.78 Å². The van der Waals surface area contributed by atoms with Crippen molar-refractivity contribution in [1.82, 2.24) is 0 Å². The van der Waals surface area contributed by atoms with Gasteiger partial charge in [-0.25, -0.2) is 0 Å². The maximum atomic E-state index is 13.6. The number of thioether (sulfide) groups is 12. The molecule has 297 valence electrons. The Morgan fingerprint density at radius 3 is 0.893 bits per heavy atom. The van der Waals surface area contributed by atoms with Crippen LogP contribution >= 0.6 is 141 Å². The topological polar surface area (TPSA) is 37.3 Å².